The average molecular weight is 348 g/mol. The number of nitrogen functional groups attached to an aromatic ring is 2. The predicted molar refractivity (Wildman–Crippen MR) is 109 cm³/mol. The number of anilines is 4. The number of aromatic hydroxyl groups is 1. The maximum absolute atomic E-state index is 10.6. The molecule has 0 atom stereocenters. The number of aryl methyl sites for hydroxylation is 1. The highest BCUT2D eigenvalue weighted by Gasteiger charge is 2.09. The molecule has 0 bridgehead atoms. The van der Waals surface area contributed by atoms with Crippen LogP contribution < -0.4 is 22.1 Å². The fourth-order valence-corrected chi connectivity index (χ4v) is 2.80. The number of benzene rings is 3. The molecule has 0 radical (unpaired) electrons. The molecule has 0 saturated carbocycles. The zero-order valence-electron chi connectivity index (χ0n) is 14.8. The van der Waals surface area contributed by atoms with Gasteiger partial charge in [-0.05, 0) is 55.5 Å². The van der Waals surface area contributed by atoms with Gasteiger partial charge in [0.2, 0.25) is 0 Å². The van der Waals surface area contributed by atoms with E-state index in [1.807, 2.05) is 67.6 Å². The Morgan fingerprint density at radius 2 is 1.12 bits per heavy atom. The summed E-state index contributed by atoms with van der Waals surface area (Å²) >= 11 is 0. The second-order valence-corrected chi connectivity index (χ2v) is 6.38. The highest BCUT2D eigenvalue weighted by atomic mass is 16.3. The van der Waals surface area contributed by atoms with Gasteiger partial charge in [-0.3, -0.25) is 0 Å². The number of phenols is 1. The SMILES string of the molecule is Cc1cc(CNc2ccc(N)cc2)c(O)c(CNc2ccc(N)cc2)c1. The molecule has 3 aromatic rings. The molecule has 5 nitrogen and oxygen atoms in total. The van der Waals surface area contributed by atoms with Gasteiger partial charge in [0, 0.05) is 47.0 Å². The lowest BCUT2D eigenvalue weighted by Crippen LogP contribution is -2.05. The molecular weight excluding hydrogens is 324 g/mol. The van der Waals surface area contributed by atoms with Crippen molar-refractivity contribution in [3.05, 3.63) is 77.4 Å². The van der Waals surface area contributed by atoms with Crippen LogP contribution in [0.25, 0.3) is 0 Å². The molecule has 0 amide bonds. The fourth-order valence-electron chi connectivity index (χ4n) is 2.80. The normalized spacial score (nSPS) is 10.5. The molecule has 0 aliphatic rings. The van der Waals surface area contributed by atoms with Crippen LogP contribution in [0, 0.1) is 6.92 Å². The molecule has 0 aliphatic carbocycles. The summed E-state index contributed by atoms with van der Waals surface area (Å²) in [6, 6.07) is 19.1. The third kappa shape index (κ3) is 4.39. The average Bonchev–Trinajstić information content (AvgIpc) is 2.63. The van der Waals surface area contributed by atoms with Crippen LogP contribution in [0.4, 0.5) is 22.7 Å². The van der Waals surface area contributed by atoms with E-state index in [0.29, 0.717) is 18.8 Å². The monoisotopic (exact) mass is 348 g/mol. The van der Waals surface area contributed by atoms with Gasteiger partial charge in [0.05, 0.1) is 0 Å². The van der Waals surface area contributed by atoms with Gasteiger partial charge in [0.1, 0.15) is 5.75 Å². The lowest BCUT2D eigenvalue weighted by Gasteiger charge is -2.14. The lowest BCUT2D eigenvalue weighted by atomic mass is 10.0. The highest BCUT2D eigenvalue weighted by Crippen LogP contribution is 2.27. The van der Waals surface area contributed by atoms with Crippen molar-refractivity contribution in [2.75, 3.05) is 22.1 Å². The first-order chi connectivity index (χ1) is 12.5. The topological polar surface area (TPSA) is 96.3 Å². The first-order valence-electron chi connectivity index (χ1n) is 8.51. The van der Waals surface area contributed by atoms with Crippen molar-refractivity contribution >= 4 is 22.7 Å². The second-order valence-electron chi connectivity index (χ2n) is 6.38. The summed E-state index contributed by atoms with van der Waals surface area (Å²) in [7, 11) is 0. The van der Waals surface area contributed by atoms with E-state index in [0.717, 1.165) is 39.4 Å². The number of phenolic OH excluding ortho intramolecular Hbond substituents is 1. The van der Waals surface area contributed by atoms with Gasteiger partial charge in [0.25, 0.3) is 0 Å². The van der Waals surface area contributed by atoms with Gasteiger partial charge in [-0.2, -0.15) is 0 Å². The Hall–Kier alpha value is -3.34. The van der Waals surface area contributed by atoms with E-state index in [9.17, 15) is 5.11 Å². The highest BCUT2D eigenvalue weighted by molar-refractivity contribution is 5.54. The minimum Gasteiger partial charge on any atom is -0.507 e. The smallest absolute Gasteiger partial charge is 0.125 e. The maximum atomic E-state index is 10.6. The number of nitrogens with two attached hydrogens (primary N) is 2. The van der Waals surface area contributed by atoms with Crippen LogP contribution in [0.1, 0.15) is 16.7 Å². The lowest BCUT2D eigenvalue weighted by molar-refractivity contribution is 0.462. The minimum atomic E-state index is 0.307. The summed E-state index contributed by atoms with van der Waals surface area (Å²) in [6.07, 6.45) is 0. The minimum absolute atomic E-state index is 0.307. The van der Waals surface area contributed by atoms with Crippen molar-refractivity contribution < 1.29 is 5.11 Å². The Labute approximate surface area is 153 Å². The second kappa shape index (κ2) is 7.70. The van der Waals surface area contributed by atoms with Gasteiger partial charge in [-0.1, -0.05) is 17.7 Å². The van der Waals surface area contributed by atoms with E-state index in [1.165, 1.54) is 0 Å². The van der Waals surface area contributed by atoms with Crippen LogP contribution in [0.2, 0.25) is 0 Å². The molecular formula is C21H24N4O. The van der Waals surface area contributed by atoms with Gasteiger partial charge < -0.3 is 27.2 Å². The van der Waals surface area contributed by atoms with Crippen LogP contribution >= 0.6 is 0 Å². The quantitative estimate of drug-likeness (QED) is 0.432. The molecule has 0 saturated heterocycles. The molecule has 0 spiro atoms. The van der Waals surface area contributed by atoms with Gasteiger partial charge in [-0.25, -0.2) is 0 Å². The molecule has 0 heterocycles. The van der Waals surface area contributed by atoms with Crippen LogP contribution in [0.15, 0.2) is 60.7 Å². The molecule has 7 N–H and O–H groups in total. The van der Waals surface area contributed by atoms with Crippen LogP contribution in [-0.2, 0) is 13.1 Å². The van der Waals surface area contributed by atoms with Gasteiger partial charge in [-0.15, -0.1) is 0 Å². The van der Waals surface area contributed by atoms with Gasteiger partial charge >= 0.3 is 0 Å². The number of nitrogens with one attached hydrogen (secondary N) is 2. The molecule has 3 rings (SSSR count). The molecule has 3 aromatic carbocycles. The van der Waals surface area contributed by atoms with Crippen molar-refractivity contribution in [1.82, 2.24) is 0 Å². The zero-order chi connectivity index (χ0) is 18.5. The summed E-state index contributed by atoms with van der Waals surface area (Å²) in [5.41, 5.74) is 17.6. The van der Waals surface area contributed by atoms with E-state index >= 15 is 0 Å². The van der Waals surface area contributed by atoms with Crippen molar-refractivity contribution in [2.24, 2.45) is 0 Å². The standard InChI is InChI=1S/C21H24N4O/c1-14-10-15(12-24-19-6-2-17(22)3-7-19)21(26)16(11-14)13-25-20-8-4-18(23)5-9-20/h2-11,24-26H,12-13,22-23H2,1H3. The predicted octanol–water partition coefficient (Wildman–Crippen LogP) is 4.09. The molecule has 0 fully saturated rings. The summed E-state index contributed by atoms with van der Waals surface area (Å²) in [4.78, 5) is 0. The van der Waals surface area contributed by atoms with Crippen molar-refractivity contribution in [3.8, 4) is 5.75 Å². The third-order valence-electron chi connectivity index (χ3n) is 4.20. The Bertz CT molecular complexity index is 803. The van der Waals surface area contributed by atoms with Crippen LogP contribution in [-0.4, -0.2) is 5.11 Å². The fraction of sp³-hybridized carbons (Fsp3) is 0.143. The zero-order valence-corrected chi connectivity index (χ0v) is 14.8. The van der Waals surface area contributed by atoms with E-state index in [1.54, 1.807) is 0 Å². The van der Waals surface area contributed by atoms with E-state index < -0.39 is 0 Å². The van der Waals surface area contributed by atoms with Crippen molar-refractivity contribution in [1.29, 1.82) is 0 Å². The molecule has 0 aliphatic heterocycles. The molecule has 5 heteroatoms. The van der Waals surface area contributed by atoms with Gasteiger partial charge in [0.15, 0.2) is 0 Å². The summed E-state index contributed by atoms with van der Waals surface area (Å²) < 4.78 is 0. The Morgan fingerprint density at radius 3 is 1.50 bits per heavy atom. The first kappa shape index (κ1) is 17.5. The third-order valence-corrected chi connectivity index (χ3v) is 4.20. The number of hydrogen-bond acceptors (Lipinski definition) is 5. The molecule has 134 valence electrons. The Kier molecular flexibility index (Phi) is 5.17. The largest absolute Gasteiger partial charge is 0.507 e. The molecule has 26 heavy (non-hydrogen) atoms. The maximum Gasteiger partial charge on any atom is 0.125 e. The van der Waals surface area contributed by atoms with E-state index in [-0.39, 0.29) is 0 Å². The van der Waals surface area contributed by atoms with Crippen molar-refractivity contribution in [2.45, 2.75) is 20.0 Å². The number of hydrogen-bond donors (Lipinski definition) is 5. The number of rotatable bonds is 6. The van der Waals surface area contributed by atoms with E-state index in [2.05, 4.69) is 10.6 Å². The molecule has 0 unspecified atom stereocenters. The van der Waals surface area contributed by atoms with Crippen LogP contribution in [0.5, 0.6) is 5.75 Å². The van der Waals surface area contributed by atoms with E-state index in [4.69, 9.17) is 11.5 Å². The summed E-state index contributed by atoms with van der Waals surface area (Å²) in [6.45, 7) is 3.09. The van der Waals surface area contributed by atoms with Crippen molar-refractivity contribution in [3.63, 3.8) is 0 Å². The summed E-state index contributed by atoms with van der Waals surface area (Å²) in [5, 5.41) is 17.3. The van der Waals surface area contributed by atoms with Crippen LogP contribution in [0.3, 0.4) is 0 Å². The first-order valence-corrected chi connectivity index (χ1v) is 8.51. The Morgan fingerprint density at radius 1 is 0.731 bits per heavy atom. The summed E-state index contributed by atoms with van der Waals surface area (Å²) in [5.74, 6) is 0.307. The molecule has 0 aromatic heterocycles. The Balaban J connectivity index is 1.70.